The first-order valence-electron chi connectivity index (χ1n) is 4.79. The minimum atomic E-state index is 0.140. The molecule has 0 fully saturated rings. The topological polar surface area (TPSA) is 90.4 Å². The van der Waals surface area contributed by atoms with E-state index in [4.69, 9.17) is 11.3 Å². The normalized spacial score (nSPS) is 22.9. The molecule has 0 aromatic rings. The quantitative estimate of drug-likeness (QED) is 0.414. The van der Waals surface area contributed by atoms with Crippen LogP contribution in [0.5, 0.6) is 0 Å². The fourth-order valence-electron chi connectivity index (χ4n) is 1.61. The summed E-state index contributed by atoms with van der Waals surface area (Å²) >= 11 is 0. The lowest BCUT2D eigenvalue weighted by Gasteiger charge is -2.30. The van der Waals surface area contributed by atoms with Gasteiger partial charge in [-0.25, -0.2) is 0 Å². The van der Waals surface area contributed by atoms with Crippen molar-refractivity contribution < 1.29 is 0 Å². The number of hydrogen-bond acceptors (Lipinski definition) is 4. The Kier molecular flexibility index (Phi) is 3.59. The van der Waals surface area contributed by atoms with Crippen LogP contribution in [0.25, 0.3) is 10.4 Å². The molecule has 1 aliphatic heterocycles. The van der Waals surface area contributed by atoms with Crippen LogP contribution < -0.4 is 5.73 Å². The van der Waals surface area contributed by atoms with Crippen molar-refractivity contribution in [3.8, 4) is 0 Å². The lowest BCUT2D eigenvalue weighted by atomic mass is 10.2. The molecule has 1 rings (SSSR count). The highest BCUT2D eigenvalue weighted by atomic mass is 15.3. The maximum absolute atomic E-state index is 8.25. The summed E-state index contributed by atoms with van der Waals surface area (Å²) in [6, 6.07) is 0.487. The maximum Gasteiger partial charge on any atom is 0.191 e. The first-order valence-corrected chi connectivity index (χ1v) is 4.79. The SMILES string of the molecule is CCC(C)N1C(N)=NCC1CN=[N+]=[N-]. The molecule has 78 valence electrons. The smallest absolute Gasteiger partial charge is 0.191 e. The monoisotopic (exact) mass is 196 g/mol. The average molecular weight is 196 g/mol. The molecule has 1 heterocycles. The third-order valence-electron chi connectivity index (χ3n) is 2.54. The lowest BCUT2D eigenvalue weighted by Crippen LogP contribution is -2.47. The van der Waals surface area contributed by atoms with Crippen LogP contribution in [0, 0.1) is 0 Å². The van der Waals surface area contributed by atoms with Gasteiger partial charge in [0, 0.05) is 17.5 Å². The second-order valence-corrected chi connectivity index (χ2v) is 3.43. The van der Waals surface area contributed by atoms with Crippen molar-refractivity contribution >= 4 is 5.96 Å². The van der Waals surface area contributed by atoms with E-state index in [2.05, 4.69) is 28.9 Å². The summed E-state index contributed by atoms with van der Waals surface area (Å²) in [6.07, 6.45) is 1.00. The van der Waals surface area contributed by atoms with Gasteiger partial charge < -0.3 is 10.6 Å². The Morgan fingerprint density at radius 2 is 2.57 bits per heavy atom. The van der Waals surface area contributed by atoms with E-state index >= 15 is 0 Å². The van der Waals surface area contributed by atoms with Crippen LogP contribution in [0.15, 0.2) is 10.1 Å². The molecule has 2 N–H and O–H groups in total. The van der Waals surface area contributed by atoms with E-state index < -0.39 is 0 Å². The Hall–Kier alpha value is -1.42. The van der Waals surface area contributed by atoms with Crippen LogP contribution in [0.3, 0.4) is 0 Å². The number of rotatable bonds is 4. The van der Waals surface area contributed by atoms with E-state index in [1.54, 1.807) is 0 Å². The lowest BCUT2D eigenvalue weighted by molar-refractivity contribution is 0.269. The highest BCUT2D eigenvalue weighted by Crippen LogP contribution is 2.14. The van der Waals surface area contributed by atoms with Gasteiger partial charge in [0.2, 0.25) is 0 Å². The van der Waals surface area contributed by atoms with E-state index in [0.29, 0.717) is 25.1 Å². The van der Waals surface area contributed by atoms with E-state index in [9.17, 15) is 0 Å². The fraction of sp³-hybridized carbons (Fsp3) is 0.875. The zero-order valence-corrected chi connectivity index (χ0v) is 8.59. The van der Waals surface area contributed by atoms with Crippen molar-refractivity contribution in [1.82, 2.24) is 4.90 Å². The van der Waals surface area contributed by atoms with Crippen molar-refractivity contribution in [2.24, 2.45) is 15.8 Å². The molecule has 0 aromatic heterocycles. The summed E-state index contributed by atoms with van der Waals surface area (Å²) in [5, 5.41) is 3.57. The predicted octanol–water partition coefficient (Wildman–Crippen LogP) is 1.09. The summed E-state index contributed by atoms with van der Waals surface area (Å²) in [7, 11) is 0. The molecule has 2 unspecified atom stereocenters. The van der Waals surface area contributed by atoms with Gasteiger partial charge in [-0.3, -0.25) is 4.99 Å². The standard InChI is InChI=1S/C8H16N6/c1-3-6(2)14-7(5-12-13-10)4-11-8(14)9/h6-7H,3-5H2,1-2H3,(H2,9,11). The fourth-order valence-corrected chi connectivity index (χ4v) is 1.61. The molecule has 0 saturated carbocycles. The van der Waals surface area contributed by atoms with Gasteiger partial charge in [-0.15, -0.1) is 0 Å². The second-order valence-electron chi connectivity index (χ2n) is 3.43. The minimum absolute atomic E-state index is 0.140. The van der Waals surface area contributed by atoms with E-state index in [-0.39, 0.29) is 6.04 Å². The molecule has 0 radical (unpaired) electrons. The Balaban J connectivity index is 2.65. The van der Waals surface area contributed by atoms with Crippen LogP contribution in [-0.4, -0.2) is 36.0 Å². The molecule has 6 nitrogen and oxygen atoms in total. The maximum atomic E-state index is 8.25. The van der Waals surface area contributed by atoms with Gasteiger partial charge in [0.1, 0.15) is 0 Å². The molecule has 0 bridgehead atoms. The van der Waals surface area contributed by atoms with Gasteiger partial charge in [-0.05, 0) is 18.9 Å². The molecule has 2 atom stereocenters. The Morgan fingerprint density at radius 1 is 1.86 bits per heavy atom. The molecule has 0 spiro atoms. The van der Waals surface area contributed by atoms with E-state index in [0.717, 1.165) is 6.42 Å². The number of guanidine groups is 1. The largest absolute Gasteiger partial charge is 0.370 e. The van der Waals surface area contributed by atoms with Crippen LogP contribution >= 0.6 is 0 Å². The first kappa shape index (κ1) is 10.7. The van der Waals surface area contributed by atoms with Crippen molar-refractivity contribution in [2.75, 3.05) is 13.1 Å². The molecule has 0 aromatic carbocycles. The molecule has 6 heteroatoms. The van der Waals surface area contributed by atoms with Crippen molar-refractivity contribution in [3.05, 3.63) is 10.4 Å². The molecule has 14 heavy (non-hydrogen) atoms. The van der Waals surface area contributed by atoms with Crippen molar-refractivity contribution in [1.29, 1.82) is 0 Å². The van der Waals surface area contributed by atoms with Gasteiger partial charge in [0.25, 0.3) is 0 Å². The van der Waals surface area contributed by atoms with E-state index in [1.807, 2.05) is 4.90 Å². The van der Waals surface area contributed by atoms with Crippen LogP contribution in [0.2, 0.25) is 0 Å². The Labute approximate surface area is 83.4 Å². The summed E-state index contributed by atoms with van der Waals surface area (Å²) < 4.78 is 0. The van der Waals surface area contributed by atoms with Gasteiger partial charge >= 0.3 is 0 Å². The molecule has 0 saturated heterocycles. The third kappa shape index (κ3) is 2.09. The van der Waals surface area contributed by atoms with Gasteiger partial charge in [0.05, 0.1) is 12.6 Å². The van der Waals surface area contributed by atoms with Crippen LogP contribution in [0.4, 0.5) is 0 Å². The minimum Gasteiger partial charge on any atom is -0.370 e. The molecule has 1 aliphatic rings. The number of nitrogens with two attached hydrogens (primary N) is 1. The average Bonchev–Trinajstić information content (AvgIpc) is 2.55. The number of hydrogen-bond donors (Lipinski definition) is 1. The van der Waals surface area contributed by atoms with Gasteiger partial charge in [-0.2, -0.15) is 0 Å². The van der Waals surface area contributed by atoms with Crippen molar-refractivity contribution in [3.63, 3.8) is 0 Å². The zero-order chi connectivity index (χ0) is 10.6. The second kappa shape index (κ2) is 4.72. The summed E-state index contributed by atoms with van der Waals surface area (Å²) in [5.74, 6) is 0.567. The van der Waals surface area contributed by atoms with Crippen LogP contribution in [-0.2, 0) is 0 Å². The molecule has 0 amide bonds. The Morgan fingerprint density at radius 3 is 3.14 bits per heavy atom. The summed E-state index contributed by atoms with van der Waals surface area (Å²) in [6.45, 7) is 5.26. The summed E-state index contributed by atoms with van der Waals surface area (Å²) in [4.78, 5) is 8.94. The highest BCUT2D eigenvalue weighted by Gasteiger charge is 2.28. The molecular formula is C8H16N6. The highest BCUT2D eigenvalue weighted by molar-refractivity contribution is 5.80. The predicted molar refractivity (Wildman–Crippen MR) is 55.9 cm³/mol. The van der Waals surface area contributed by atoms with E-state index in [1.165, 1.54) is 0 Å². The third-order valence-corrected chi connectivity index (χ3v) is 2.54. The van der Waals surface area contributed by atoms with Crippen molar-refractivity contribution in [2.45, 2.75) is 32.4 Å². The zero-order valence-electron chi connectivity index (χ0n) is 8.59. The summed E-state index contributed by atoms with van der Waals surface area (Å²) in [5.41, 5.74) is 14.0. The first-order chi connectivity index (χ1) is 6.70. The number of nitrogens with zero attached hydrogens (tertiary/aromatic N) is 5. The number of aliphatic imine (C=N–C) groups is 1. The molecule has 0 aliphatic carbocycles. The van der Waals surface area contributed by atoms with Gasteiger partial charge in [0.15, 0.2) is 5.96 Å². The molecular weight excluding hydrogens is 180 g/mol. The Bertz CT molecular complexity index is 267. The number of azide groups is 1. The van der Waals surface area contributed by atoms with Gasteiger partial charge in [-0.1, -0.05) is 12.0 Å². The van der Waals surface area contributed by atoms with Crippen LogP contribution in [0.1, 0.15) is 20.3 Å².